The van der Waals surface area contributed by atoms with E-state index in [1.165, 1.54) is 6.42 Å². The van der Waals surface area contributed by atoms with Crippen molar-refractivity contribution in [2.75, 3.05) is 33.3 Å². The monoisotopic (exact) mass is 216 g/mol. The van der Waals surface area contributed by atoms with Crippen molar-refractivity contribution in [3.05, 3.63) is 0 Å². The first-order valence-electron chi connectivity index (χ1n) is 6.12. The Labute approximate surface area is 94.9 Å². The smallest absolute Gasteiger partial charge is 0.0597 e. The lowest BCUT2D eigenvalue weighted by Crippen LogP contribution is -2.42. The summed E-state index contributed by atoms with van der Waals surface area (Å²) in [7, 11) is 2.12. The van der Waals surface area contributed by atoms with Gasteiger partial charge in [0.1, 0.15) is 0 Å². The molecule has 2 N–H and O–H groups in total. The maximum Gasteiger partial charge on any atom is 0.0597 e. The average Bonchev–Trinajstić information content (AvgIpc) is 2.21. The van der Waals surface area contributed by atoms with E-state index in [-0.39, 0.29) is 12.6 Å². The molecule has 92 valence electrons. The molecule has 0 amide bonds. The topological polar surface area (TPSA) is 35.5 Å². The summed E-state index contributed by atoms with van der Waals surface area (Å²) in [6, 6.07) is 0.224. The van der Waals surface area contributed by atoms with Gasteiger partial charge in [-0.25, -0.2) is 0 Å². The Morgan fingerprint density at radius 3 is 2.47 bits per heavy atom. The molecule has 0 saturated carbocycles. The predicted molar refractivity (Wildman–Crippen MR) is 66.1 cm³/mol. The molecule has 0 aromatic carbocycles. The Hall–Kier alpha value is -0.120. The maximum absolute atomic E-state index is 9.19. The SMILES string of the molecule is CCCNC(CO)CN(C)CCC(C)C. The Bertz CT molecular complexity index is 140. The van der Waals surface area contributed by atoms with Crippen molar-refractivity contribution in [1.29, 1.82) is 0 Å². The van der Waals surface area contributed by atoms with E-state index in [1.807, 2.05) is 0 Å². The Morgan fingerprint density at radius 2 is 2.00 bits per heavy atom. The number of likely N-dealkylation sites (N-methyl/N-ethyl adjacent to an activating group) is 1. The maximum atomic E-state index is 9.19. The third-order valence-electron chi connectivity index (χ3n) is 2.52. The lowest BCUT2D eigenvalue weighted by Gasteiger charge is -2.24. The normalized spacial score (nSPS) is 13.8. The average molecular weight is 216 g/mol. The minimum atomic E-state index is 0.224. The highest BCUT2D eigenvalue weighted by Crippen LogP contribution is 2.01. The van der Waals surface area contributed by atoms with E-state index in [2.05, 4.69) is 38.0 Å². The summed E-state index contributed by atoms with van der Waals surface area (Å²) in [6.07, 6.45) is 2.34. The molecule has 1 unspecified atom stereocenters. The molecule has 1 atom stereocenters. The van der Waals surface area contributed by atoms with E-state index < -0.39 is 0 Å². The van der Waals surface area contributed by atoms with Gasteiger partial charge in [-0.2, -0.15) is 0 Å². The highest BCUT2D eigenvalue weighted by molar-refractivity contribution is 4.69. The van der Waals surface area contributed by atoms with Crippen molar-refractivity contribution in [2.45, 2.75) is 39.7 Å². The molecule has 0 spiro atoms. The van der Waals surface area contributed by atoms with E-state index >= 15 is 0 Å². The van der Waals surface area contributed by atoms with Crippen LogP contribution in [0.15, 0.2) is 0 Å². The number of nitrogens with zero attached hydrogens (tertiary/aromatic N) is 1. The number of aliphatic hydroxyl groups excluding tert-OH is 1. The predicted octanol–water partition coefficient (Wildman–Crippen LogP) is 1.32. The van der Waals surface area contributed by atoms with Crippen LogP contribution in [0, 0.1) is 5.92 Å². The largest absolute Gasteiger partial charge is 0.395 e. The number of rotatable bonds is 9. The van der Waals surface area contributed by atoms with E-state index in [1.54, 1.807) is 0 Å². The van der Waals surface area contributed by atoms with Gasteiger partial charge < -0.3 is 15.3 Å². The Kier molecular flexibility index (Phi) is 9.06. The van der Waals surface area contributed by atoms with Gasteiger partial charge in [0, 0.05) is 12.6 Å². The molecule has 0 aromatic heterocycles. The summed E-state index contributed by atoms with van der Waals surface area (Å²) in [6.45, 7) is 9.89. The molecule has 0 aliphatic heterocycles. The van der Waals surface area contributed by atoms with E-state index in [0.29, 0.717) is 0 Å². The van der Waals surface area contributed by atoms with Crippen LogP contribution in [0.1, 0.15) is 33.6 Å². The van der Waals surface area contributed by atoms with Gasteiger partial charge in [0.15, 0.2) is 0 Å². The zero-order valence-corrected chi connectivity index (χ0v) is 10.8. The second-order valence-electron chi connectivity index (χ2n) is 4.78. The van der Waals surface area contributed by atoms with Crippen LogP contribution in [0.25, 0.3) is 0 Å². The van der Waals surface area contributed by atoms with Crippen LogP contribution in [0.5, 0.6) is 0 Å². The molecule has 0 fully saturated rings. The molecular weight excluding hydrogens is 188 g/mol. The Morgan fingerprint density at radius 1 is 1.33 bits per heavy atom. The molecule has 0 saturated heterocycles. The first kappa shape index (κ1) is 14.9. The van der Waals surface area contributed by atoms with E-state index in [0.717, 1.165) is 32.0 Å². The molecular formula is C12H28N2O. The van der Waals surface area contributed by atoms with Crippen LogP contribution < -0.4 is 5.32 Å². The molecule has 0 aliphatic rings. The second-order valence-corrected chi connectivity index (χ2v) is 4.78. The minimum Gasteiger partial charge on any atom is -0.395 e. The van der Waals surface area contributed by atoms with Crippen LogP contribution in [0.2, 0.25) is 0 Å². The summed E-state index contributed by atoms with van der Waals surface area (Å²) in [5.74, 6) is 0.753. The molecule has 0 bridgehead atoms. The van der Waals surface area contributed by atoms with Crippen LogP contribution in [-0.2, 0) is 0 Å². The highest BCUT2D eigenvalue weighted by atomic mass is 16.3. The van der Waals surface area contributed by atoms with Crippen LogP contribution in [0.4, 0.5) is 0 Å². The van der Waals surface area contributed by atoms with Crippen molar-refractivity contribution in [2.24, 2.45) is 5.92 Å². The first-order chi connectivity index (χ1) is 7.10. The van der Waals surface area contributed by atoms with Crippen molar-refractivity contribution in [3.8, 4) is 0 Å². The van der Waals surface area contributed by atoms with Gasteiger partial charge in [-0.3, -0.25) is 0 Å². The van der Waals surface area contributed by atoms with Gasteiger partial charge in [-0.05, 0) is 38.9 Å². The van der Waals surface area contributed by atoms with Crippen molar-refractivity contribution < 1.29 is 5.11 Å². The standard InChI is InChI=1S/C12H28N2O/c1-5-7-13-12(10-15)9-14(4)8-6-11(2)3/h11-13,15H,5-10H2,1-4H3. The van der Waals surface area contributed by atoms with Gasteiger partial charge in [-0.15, -0.1) is 0 Å². The fraction of sp³-hybridized carbons (Fsp3) is 1.00. The first-order valence-corrected chi connectivity index (χ1v) is 6.12. The Balaban J connectivity index is 3.64. The number of nitrogens with one attached hydrogen (secondary N) is 1. The molecule has 0 rings (SSSR count). The van der Waals surface area contributed by atoms with Gasteiger partial charge >= 0.3 is 0 Å². The number of hydrogen-bond acceptors (Lipinski definition) is 3. The van der Waals surface area contributed by atoms with Crippen molar-refractivity contribution in [1.82, 2.24) is 10.2 Å². The zero-order valence-electron chi connectivity index (χ0n) is 10.8. The van der Waals surface area contributed by atoms with Crippen molar-refractivity contribution >= 4 is 0 Å². The molecule has 3 heteroatoms. The third kappa shape index (κ3) is 8.85. The van der Waals surface area contributed by atoms with E-state index in [4.69, 9.17) is 0 Å². The summed E-state index contributed by atoms with van der Waals surface area (Å²) >= 11 is 0. The third-order valence-corrected chi connectivity index (χ3v) is 2.52. The van der Waals surface area contributed by atoms with Gasteiger partial charge in [0.2, 0.25) is 0 Å². The van der Waals surface area contributed by atoms with Crippen LogP contribution in [0.3, 0.4) is 0 Å². The summed E-state index contributed by atoms with van der Waals surface area (Å²) < 4.78 is 0. The highest BCUT2D eigenvalue weighted by Gasteiger charge is 2.09. The number of aliphatic hydroxyl groups is 1. The molecule has 0 heterocycles. The lowest BCUT2D eigenvalue weighted by molar-refractivity contribution is 0.195. The molecule has 0 aromatic rings. The summed E-state index contributed by atoms with van der Waals surface area (Å²) in [4.78, 5) is 2.30. The molecule has 15 heavy (non-hydrogen) atoms. The molecule has 0 radical (unpaired) electrons. The van der Waals surface area contributed by atoms with E-state index in [9.17, 15) is 5.11 Å². The molecule has 0 aliphatic carbocycles. The van der Waals surface area contributed by atoms with Gasteiger partial charge in [-0.1, -0.05) is 20.8 Å². The van der Waals surface area contributed by atoms with Gasteiger partial charge in [0.05, 0.1) is 6.61 Å². The zero-order chi connectivity index (χ0) is 11.7. The second kappa shape index (κ2) is 9.13. The van der Waals surface area contributed by atoms with Crippen LogP contribution >= 0.6 is 0 Å². The minimum absolute atomic E-state index is 0.224. The van der Waals surface area contributed by atoms with Crippen LogP contribution in [-0.4, -0.2) is 49.3 Å². The van der Waals surface area contributed by atoms with Crippen molar-refractivity contribution in [3.63, 3.8) is 0 Å². The van der Waals surface area contributed by atoms with Gasteiger partial charge in [0.25, 0.3) is 0 Å². The molecule has 3 nitrogen and oxygen atoms in total. The fourth-order valence-electron chi connectivity index (χ4n) is 1.48. The quantitative estimate of drug-likeness (QED) is 0.610. The fourth-order valence-corrected chi connectivity index (χ4v) is 1.48. The number of hydrogen-bond donors (Lipinski definition) is 2. The summed E-state index contributed by atoms with van der Waals surface area (Å²) in [5.41, 5.74) is 0. The summed E-state index contributed by atoms with van der Waals surface area (Å²) in [5, 5.41) is 12.5. The lowest BCUT2D eigenvalue weighted by atomic mass is 10.1.